The number of nitrogens with one attached hydrogen (secondary N) is 2. The van der Waals surface area contributed by atoms with Gasteiger partial charge < -0.3 is 20.6 Å². The molecule has 1 aliphatic rings. The van der Waals surface area contributed by atoms with Gasteiger partial charge in [0.05, 0.1) is 0 Å². The number of rotatable bonds is 6. The number of carbonyl (C=O) groups excluding carboxylic acids is 1. The van der Waals surface area contributed by atoms with E-state index in [9.17, 15) is 4.79 Å². The highest BCUT2D eigenvalue weighted by Crippen LogP contribution is 2.23. The number of anilines is 1. The van der Waals surface area contributed by atoms with Gasteiger partial charge in [0.15, 0.2) is 0 Å². The lowest BCUT2D eigenvalue weighted by Crippen LogP contribution is -2.47. The highest BCUT2D eigenvalue weighted by molar-refractivity contribution is 6.30. The number of benzene rings is 1. The Morgan fingerprint density at radius 1 is 1.55 bits per heavy atom. The summed E-state index contributed by atoms with van der Waals surface area (Å²) in [5, 5.41) is 15.6. The Balaban J connectivity index is 1.82. The molecule has 1 heterocycles. The fourth-order valence-electron chi connectivity index (χ4n) is 2.73. The lowest BCUT2D eigenvalue weighted by molar-refractivity contribution is 0.225. The van der Waals surface area contributed by atoms with Crippen molar-refractivity contribution in [3.05, 3.63) is 29.3 Å². The highest BCUT2D eigenvalue weighted by atomic mass is 35.5. The van der Waals surface area contributed by atoms with Gasteiger partial charge in [0, 0.05) is 42.5 Å². The first-order valence-electron chi connectivity index (χ1n) is 7.80. The van der Waals surface area contributed by atoms with Crippen LogP contribution >= 0.6 is 11.6 Å². The molecule has 1 fully saturated rings. The van der Waals surface area contributed by atoms with Crippen molar-refractivity contribution in [3.8, 4) is 0 Å². The molecule has 1 aromatic carbocycles. The molecule has 1 aromatic rings. The quantitative estimate of drug-likeness (QED) is 0.752. The second kappa shape index (κ2) is 8.25. The molecule has 22 heavy (non-hydrogen) atoms. The smallest absolute Gasteiger partial charge is 0.315 e. The van der Waals surface area contributed by atoms with Gasteiger partial charge in [-0.2, -0.15) is 0 Å². The van der Waals surface area contributed by atoms with Crippen LogP contribution in [0.3, 0.4) is 0 Å². The van der Waals surface area contributed by atoms with E-state index in [1.165, 1.54) is 0 Å². The highest BCUT2D eigenvalue weighted by Gasteiger charge is 2.24. The van der Waals surface area contributed by atoms with E-state index in [4.69, 9.17) is 16.7 Å². The number of hydrogen-bond acceptors (Lipinski definition) is 3. The van der Waals surface area contributed by atoms with Crippen molar-refractivity contribution < 1.29 is 9.90 Å². The SMILES string of the molecule is CCC(CCO)NC(=O)NC1CCN(c2cccc(Cl)c2)C1. The third kappa shape index (κ3) is 4.78. The first-order chi connectivity index (χ1) is 10.6. The van der Waals surface area contributed by atoms with E-state index in [0.29, 0.717) is 6.42 Å². The Kier molecular flexibility index (Phi) is 6.34. The third-order valence-electron chi connectivity index (χ3n) is 4.00. The van der Waals surface area contributed by atoms with Gasteiger partial charge in [0.2, 0.25) is 0 Å². The van der Waals surface area contributed by atoms with Crippen LogP contribution in [0.15, 0.2) is 24.3 Å². The maximum atomic E-state index is 12.0. The van der Waals surface area contributed by atoms with Crippen LogP contribution in [0.4, 0.5) is 10.5 Å². The van der Waals surface area contributed by atoms with Crippen molar-refractivity contribution in [2.24, 2.45) is 0 Å². The van der Waals surface area contributed by atoms with E-state index in [-0.39, 0.29) is 24.7 Å². The maximum Gasteiger partial charge on any atom is 0.315 e. The van der Waals surface area contributed by atoms with E-state index >= 15 is 0 Å². The fraction of sp³-hybridized carbons (Fsp3) is 0.562. The molecule has 6 heteroatoms. The van der Waals surface area contributed by atoms with Gasteiger partial charge in [-0.25, -0.2) is 4.79 Å². The standard InChI is InChI=1S/C16H24ClN3O2/c1-2-13(7-9-21)18-16(22)19-14-6-8-20(11-14)15-5-3-4-12(17)10-15/h3-5,10,13-14,21H,2,6-9,11H2,1H3,(H2,18,19,22). The lowest BCUT2D eigenvalue weighted by Gasteiger charge is -2.21. The Hall–Kier alpha value is -1.46. The predicted molar refractivity (Wildman–Crippen MR) is 89.5 cm³/mol. The Morgan fingerprint density at radius 2 is 2.36 bits per heavy atom. The largest absolute Gasteiger partial charge is 0.396 e. The molecule has 0 aliphatic carbocycles. The normalized spacial score (nSPS) is 19.0. The number of urea groups is 1. The summed E-state index contributed by atoms with van der Waals surface area (Å²) in [4.78, 5) is 14.2. The summed E-state index contributed by atoms with van der Waals surface area (Å²) >= 11 is 6.02. The second-order valence-corrected chi connectivity index (χ2v) is 6.08. The molecule has 0 spiro atoms. The molecule has 2 unspecified atom stereocenters. The first kappa shape index (κ1) is 16.9. The van der Waals surface area contributed by atoms with Crippen molar-refractivity contribution in [1.82, 2.24) is 10.6 Å². The minimum Gasteiger partial charge on any atom is -0.396 e. The minimum absolute atomic E-state index is 0.0236. The van der Waals surface area contributed by atoms with Gasteiger partial charge in [0.1, 0.15) is 0 Å². The molecule has 122 valence electrons. The zero-order valence-electron chi connectivity index (χ0n) is 12.9. The Morgan fingerprint density at radius 3 is 3.05 bits per heavy atom. The molecule has 3 N–H and O–H groups in total. The Labute approximate surface area is 136 Å². The number of amides is 2. The van der Waals surface area contributed by atoms with Crippen LogP contribution in [0.1, 0.15) is 26.2 Å². The summed E-state index contributed by atoms with van der Waals surface area (Å²) in [7, 11) is 0. The van der Waals surface area contributed by atoms with E-state index in [1.54, 1.807) is 0 Å². The molecule has 0 bridgehead atoms. The maximum absolute atomic E-state index is 12.0. The van der Waals surface area contributed by atoms with Gasteiger partial charge in [-0.15, -0.1) is 0 Å². The molecule has 1 aliphatic heterocycles. The van der Waals surface area contributed by atoms with Crippen molar-refractivity contribution in [2.45, 2.75) is 38.3 Å². The van der Waals surface area contributed by atoms with Gasteiger partial charge in [0.25, 0.3) is 0 Å². The number of carbonyl (C=O) groups is 1. The molecule has 0 radical (unpaired) electrons. The molecule has 0 aromatic heterocycles. The van der Waals surface area contributed by atoms with Crippen LogP contribution in [0, 0.1) is 0 Å². The Bertz CT molecular complexity index is 498. The molecule has 5 nitrogen and oxygen atoms in total. The van der Waals surface area contributed by atoms with E-state index in [1.807, 2.05) is 31.2 Å². The molecular formula is C16H24ClN3O2. The van der Waals surface area contributed by atoms with Crippen molar-refractivity contribution in [3.63, 3.8) is 0 Å². The zero-order valence-corrected chi connectivity index (χ0v) is 13.6. The van der Waals surface area contributed by atoms with Crippen LogP contribution < -0.4 is 15.5 Å². The van der Waals surface area contributed by atoms with Crippen molar-refractivity contribution in [2.75, 3.05) is 24.6 Å². The van der Waals surface area contributed by atoms with Gasteiger partial charge >= 0.3 is 6.03 Å². The fourth-order valence-corrected chi connectivity index (χ4v) is 2.92. The average Bonchev–Trinajstić information content (AvgIpc) is 2.95. The molecule has 1 saturated heterocycles. The summed E-state index contributed by atoms with van der Waals surface area (Å²) in [6.07, 6.45) is 2.31. The summed E-state index contributed by atoms with van der Waals surface area (Å²) in [6.45, 7) is 3.77. The second-order valence-electron chi connectivity index (χ2n) is 5.65. The van der Waals surface area contributed by atoms with E-state index in [0.717, 1.165) is 36.6 Å². The third-order valence-corrected chi connectivity index (χ3v) is 4.24. The molecule has 2 rings (SSSR count). The molecule has 2 amide bonds. The number of hydrogen-bond donors (Lipinski definition) is 3. The van der Waals surface area contributed by atoms with Crippen LogP contribution in [-0.2, 0) is 0 Å². The molecule has 2 atom stereocenters. The lowest BCUT2D eigenvalue weighted by atomic mass is 10.1. The predicted octanol–water partition coefficient (Wildman–Crippen LogP) is 2.38. The first-order valence-corrected chi connectivity index (χ1v) is 8.18. The van der Waals surface area contributed by atoms with Gasteiger partial charge in [-0.1, -0.05) is 24.6 Å². The summed E-state index contributed by atoms with van der Waals surface area (Å²) in [6, 6.07) is 7.77. The summed E-state index contributed by atoms with van der Waals surface area (Å²) in [5.41, 5.74) is 1.09. The zero-order chi connectivity index (χ0) is 15.9. The number of aliphatic hydroxyl groups is 1. The van der Waals surface area contributed by atoms with Gasteiger partial charge in [-0.05, 0) is 37.5 Å². The van der Waals surface area contributed by atoms with E-state index in [2.05, 4.69) is 15.5 Å². The van der Waals surface area contributed by atoms with Crippen LogP contribution in [0.2, 0.25) is 5.02 Å². The molecular weight excluding hydrogens is 302 g/mol. The van der Waals surface area contributed by atoms with Crippen LogP contribution in [-0.4, -0.2) is 42.9 Å². The van der Waals surface area contributed by atoms with Crippen LogP contribution in [0.25, 0.3) is 0 Å². The average molecular weight is 326 g/mol. The van der Waals surface area contributed by atoms with E-state index < -0.39 is 0 Å². The van der Waals surface area contributed by atoms with Crippen molar-refractivity contribution >= 4 is 23.3 Å². The molecule has 0 saturated carbocycles. The topological polar surface area (TPSA) is 64.6 Å². The minimum atomic E-state index is -0.154. The van der Waals surface area contributed by atoms with Crippen molar-refractivity contribution in [1.29, 1.82) is 0 Å². The number of halogens is 1. The monoisotopic (exact) mass is 325 g/mol. The number of nitrogens with zero attached hydrogens (tertiary/aromatic N) is 1. The van der Waals surface area contributed by atoms with Gasteiger partial charge in [-0.3, -0.25) is 0 Å². The van der Waals surface area contributed by atoms with Crippen LogP contribution in [0.5, 0.6) is 0 Å². The summed E-state index contributed by atoms with van der Waals surface area (Å²) < 4.78 is 0. The number of aliphatic hydroxyl groups excluding tert-OH is 1. The summed E-state index contributed by atoms with van der Waals surface area (Å²) in [5.74, 6) is 0.